The van der Waals surface area contributed by atoms with Crippen LogP contribution in [0.4, 0.5) is 0 Å². The first-order valence-corrected chi connectivity index (χ1v) is 6.50. The van der Waals surface area contributed by atoms with Crippen LogP contribution in [0.2, 0.25) is 0 Å². The van der Waals surface area contributed by atoms with Gasteiger partial charge in [-0.25, -0.2) is 0 Å². The zero-order valence-electron chi connectivity index (χ0n) is 11.4. The maximum absolute atomic E-state index is 11.8. The molecular formula is C14H22N2O3. The van der Waals surface area contributed by atoms with Gasteiger partial charge >= 0.3 is 0 Å². The van der Waals surface area contributed by atoms with Crippen LogP contribution in [0.25, 0.3) is 0 Å². The summed E-state index contributed by atoms with van der Waals surface area (Å²) >= 11 is 0. The van der Waals surface area contributed by atoms with Crippen LogP contribution in [-0.2, 0) is 11.2 Å². The molecule has 1 rings (SSSR count). The Labute approximate surface area is 113 Å². The van der Waals surface area contributed by atoms with E-state index >= 15 is 0 Å². The molecule has 5 nitrogen and oxygen atoms in total. The maximum atomic E-state index is 11.8. The summed E-state index contributed by atoms with van der Waals surface area (Å²) < 4.78 is 0. The molecule has 106 valence electrons. The third-order valence-electron chi connectivity index (χ3n) is 2.94. The van der Waals surface area contributed by atoms with Gasteiger partial charge in [0.15, 0.2) is 11.5 Å². The Hall–Kier alpha value is -1.75. The summed E-state index contributed by atoms with van der Waals surface area (Å²) in [5.41, 5.74) is 6.53. The molecule has 5 N–H and O–H groups in total. The van der Waals surface area contributed by atoms with Crippen molar-refractivity contribution in [3.05, 3.63) is 23.8 Å². The lowest BCUT2D eigenvalue weighted by Gasteiger charge is -2.17. The van der Waals surface area contributed by atoms with E-state index in [1.165, 1.54) is 12.1 Å². The van der Waals surface area contributed by atoms with Gasteiger partial charge in [0.2, 0.25) is 5.91 Å². The van der Waals surface area contributed by atoms with E-state index in [-0.39, 0.29) is 23.4 Å². The van der Waals surface area contributed by atoms with Gasteiger partial charge in [0.25, 0.3) is 0 Å². The maximum Gasteiger partial charge on any atom is 0.237 e. The molecule has 1 amide bonds. The Bertz CT molecular complexity index is 435. The van der Waals surface area contributed by atoms with Crippen molar-refractivity contribution in [3.8, 4) is 11.5 Å². The number of carbonyl (C=O) groups excluding carboxylic acids is 1. The van der Waals surface area contributed by atoms with Crippen LogP contribution in [-0.4, -0.2) is 28.2 Å². The fourth-order valence-corrected chi connectivity index (χ4v) is 1.90. The smallest absolute Gasteiger partial charge is 0.237 e. The SMILES string of the molecule is CCCC(C)NC(=O)[C@@H](N)Cc1ccc(O)c(O)c1. The van der Waals surface area contributed by atoms with Crippen LogP contribution < -0.4 is 11.1 Å². The third kappa shape index (κ3) is 4.79. The van der Waals surface area contributed by atoms with E-state index in [1.807, 2.05) is 6.92 Å². The Morgan fingerprint density at radius 1 is 1.37 bits per heavy atom. The van der Waals surface area contributed by atoms with Crippen LogP contribution >= 0.6 is 0 Å². The number of nitrogens with two attached hydrogens (primary N) is 1. The van der Waals surface area contributed by atoms with Gasteiger partial charge < -0.3 is 21.3 Å². The van der Waals surface area contributed by atoms with Gasteiger partial charge in [-0.2, -0.15) is 0 Å². The molecule has 0 radical (unpaired) electrons. The van der Waals surface area contributed by atoms with Crippen molar-refractivity contribution in [3.63, 3.8) is 0 Å². The number of rotatable bonds is 6. The molecule has 19 heavy (non-hydrogen) atoms. The second-order valence-corrected chi connectivity index (χ2v) is 4.83. The van der Waals surface area contributed by atoms with Gasteiger partial charge in [-0.1, -0.05) is 19.4 Å². The number of hydrogen-bond acceptors (Lipinski definition) is 4. The lowest BCUT2D eigenvalue weighted by molar-refractivity contribution is -0.123. The van der Waals surface area contributed by atoms with E-state index in [4.69, 9.17) is 5.73 Å². The van der Waals surface area contributed by atoms with Gasteiger partial charge in [0.1, 0.15) is 0 Å². The predicted octanol–water partition coefficient (Wildman–Crippen LogP) is 1.27. The number of phenols is 2. The van der Waals surface area contributed by atoms with Crippen LogP contribution in [0.3, 0.4) is 0 Å². The predicted molar refractivity (Wildman–Crippen MR) is 74.0 cm³/mol. The molecule has 0 aliphatic carbocycles. The molecule has 1 aromatic carbocycles. The molecule has 0 aromatic heterocycles. The van der Waals surface area contributed by atoms with Gasteiger partial charge in [-0.15, -0.1) is 0 Å². The molecule has 0 saturated carbocycles. The molecule has 0 bridgehead atoms. The number of phenolic OH excluding ortho intramolecular Hbond substituents is 2. The van der Waals surface area contributed by atoms with E-state index < -0.39 is 6.04 Å². The average Bonchev–Trinajstić information content (AvgIpc) is 2.34. The topological polar surface area (TPSA) is 95.6 Å². The average molecular weight is 266 g/mol. The highest BCUT2D eigenvalue weighted by Gasteiger charge is 2.16. The minimum Gasteiger partial charge on any atom is -0.504 e. The Morgan fingerprint density at radius 2 is 2.05 bits per heavy atom. The van der Waals surface area contributed by atoms with E-state index in [2.05, 4.69) is 12.2 Å². The minimum absolute atomic E-state index is 0.108. The number of amides is 1. The molecule has 0 spiro atoms. The van der Waals surface area contributed by atoms with Gasteiger partial charge in [0, 0.05) is 6.04 Å². The molecule has 0 saturated heterocycles. The normalized spacial score (nSPS) is 13.8. The summed E-state index contributed by atoms with van der Waals surface area (Å²) in [4.78, 5) is 11.8. The fraction of sp³-hybridized carbons (Fsp3) is 0.500. The molecule has 0 aliphatic heterocycles. The molecule has 1 aromatic rings. The number of hydrogen-bond donors (Lipinski definition) is 4. The lowest BCUT2D eigenvalue weighted by atomic mass is 10.0. The third-order valence-corrected chi connectivity index (χ3v) is 2.94. The highest BCUT2D eigenvalue weighted by atomic mass is 16.3. The molecule has 0 aliphatic rings. The van der Waals surface area contributed by atoms with Crippen molar-refractivity contribution >= 4 is 5.91 Å². The first-order chi connectivity index (χ1) is 8.93. The minimum atomic E-state index is -0.664. The van der Waals surface area contributed by atoms with Crippen LogP contribution in [0.1, 0.15) is 32.3 Å². The second-order valence-electron chi connectivity index (χ2n) is 4.83. The quantitative estimate of drug-likeness (QED) is 0.583. The monoisotopic (exact) mass is 266 g/mol. The lowest BCUT2D eigenvalue weighted by Crippen LogP contribution is -2.45. The van der Waals surface area contributed by atoms with Crippen molar-refractivity contribution in [1.82, 2.24) is 5.32 Å². The summed E-state index contributed by atoms with van der Waals surface area (Å²) in [5, 5.41) is 21.4. The summed E-state index contributed by atoms with van der Waals surface area (Å²) in [5.74, 6) is -0.587. The molecule has 2 atom stereocenters. The Morgan fingerprint density at radius 3 is 2.63 bits per heavy atom. The number of carbonyl (C=O) groups is 1. The molecule has 1 unspecified atom stereocenters. The summed E-state index contributed by atoms with van der Waals surface area (Å²) in [6.45, 7) is 4.00. The highest BCUT2D eigenvalue weighted by molar-refractivity contribution is 5.82. The van der Waals surface area contributed by atoms with Crippen LogP contribution in [0.15, 0.2) is 18.2 Å². The summed E-state index contributed by atoms with van der Waals surface area (Å²) in [7, 11) is 0. The van der Waals surface area contributed by atoms with Crippen LogP contribution in [0, 0.1) is 0 Å². The van der Waals surface area contributed by atoms with E-state index in [0.717, 1.165) is 12.8 Å². The van der Waals surface area contributed by atoms with E-state index in [0.29, 0.717) is 12.0 Å². The zero-order valence-corrected chi connectivity index (χ0v) is 11.4. The molecule has 0 heterocycles. The highest BCUT2D eigenvalue weighted by Crippen LogP contribution is 2.25. The van der Waals surface area contributed by atoms with Crippen molar-refractivity contribution < 1.29 is 15.0 Å². The van der Waals surface area contributed by atoms with Crippen molar-refractivity contribution in [1.29, 1.82) is 0 Å². The standard InChI is InChI=1S/C14H22N2O3/c1-3-4-9(2)16-14(19)11(15)7-10-5-6-12(17)13(18)8-10/h5-6,8-9,11,17-18H,3-4,7,15H2,1-2H3,(H,16,19)/t9?,11-/m0/s1. The molecule has 5 heteroatoms. The van der Waals surface area contributed by atoms with Crippen molar-refractivity contribution in [2.75, 3.05) is 0 Å². The van der Waals surface area contributed by atoms with Crippen LogP contribution in [0.5, 0.6) is 11.5 Å². The number of aromatic hydroxyl groups is 2. The summed E-state index contributed by atoms with van der Waals surface area (Å²) in [6, 6.07) is 3.88. The van der Waals surface area contributed by atoms with E-state index in [1.54, 1.807) is 6.07 Å². The number of benzene rings is 1. The summed E-state index contributed by atoms with van der Waals surface area (Å²) in [6.07, 6.45) is 2.24. The number of nitrogens with one attached hydrogen (secondary N) is 1. The largest absolute Gasteiger partial charge is 0.504 e. The Kier molecular flexibility index (Phi) is 5.63. The first kappa shape index (κ1) is 15.3. The molecule has 0 fully saturated rings. The Balaban J connectivity index is 2.56. The van der Waals surface area contributed by atoms with E-state index in [9.17, 15) is 15.0 Å². The van der Waals surface area contributed by atoms with Gasteiger partial charge in [0.05, 0.1) is 6.04 Å². The zero-order chi connectivity index (χ0) is 14.4. The first-order valence-electron chi connectivity index (χ1n) is 6.50. The fourth-order valence-electron chi connectivity index (χ4n) is 1.90. The van der Waals surface area contributed by atoms with Crippen molar-refractivity contribution in [2.24, 2.45) is 5.73 Å². The van der Waals surface area contributed by atoms with Crippen molar-refractivity contribution in [2.45, 2.75) is 45.2 Å². The second kappa shape index (κ2) is 6.99. The van der Waals surface area contributed by atoms with Gasteiger partial charge in [-0.05, 0) is 37.5 Å². The molecular weight excluding hydrogens is 244 g/mol. The van der Waals surface area contributed by atoms with Gasteiger partial charge in [-0.3, -0.25) is 4.79 Å².